The number of halogens is 1. The van der Waals surface area contributed by atoms with Crippen LogP contribution in [0.25, 0.3) is 0 Å². The van der Waals surface area contributed by atoms with Crippen LogP contribution in [0.2, 0.25) is 0 Å². The second-order valence-corrected chi connectivity index (χ2v) is 5.81. The Morgan fingerprint density at radius 3 is 2.62 bits per heavy atom. The van der Waals surface area contributed by atoms with Crippen molar-refractivity contribution in [1.82, 2.24) is 5.32 Å². The van der Waals surface area contributed by atoms with Crippen LogP contribution in [-0.4, -0.2) is 19.1 Å². The number of nitrogens with zero attached hydrogens (tertiary/aromatic N) is 1. The van der Waals surface area contributed by atoms with Crippen molar-refractivity contribution in [2.75, 3.05) is 18.0 Å². The topological polar surface area (TPSA) is 15.3 Å². The van der Waals surface area contributed by atoms with Crippen molar-refractivity contribution < 1.29 is 4.39 Å². The molecule has 3 heteroatoms. The Bertz CT molecular complexity index is 612. The largest absolute Gasteiger partial charge is 0.366 e. The molecule has 1 heterocycles. The molecule has 1 fully saturated rings. The molecule has 0 saturated carbocycles. The first-order chi connectivity index (χ1) is 10.1. The number of benzene rings is 2. The molecule has 2 unspecified atom stereocenters. The highest BCUT2D eigenvalue weighted by atomic mass is 19.1. The third-order valence-electron chi connectivity index (χ3n) is 4.26. The summed E-state index contributed by atoms with van der Waals surface area (Å²) in [5, 5.41) is 3.58. The van der Waals surface area contributed by atoms with Gasteiger partial charge in [-0.25, -0.2) is 4.39 Å². The summed E-state index contributed by atoms with van der Waals surface area (Å²) in [7, 11) is 0. The lowest BCUT2D eigenvalue weighted by atomic mass is 10.0. The molecule has 2 nitrogen and oxygen atoms in total. The van der Waals surface area contributed by atoms with E-state index in [-0.39, 0.29) is 11.9 Å². The lowest BCUT2D eigenvalue weighted by Crippen LogP contribution is -2.51. The van der Waals surface area contributed by atoms with Crippen LogP contribution in [0, 0.1) is 12.7 Å². The van der Waals surface area contributed by atoms with Gasteiger partial charge in [0, 0.05) is 30.9 Å². The van der Waals surface area contributed by atoms with Gasteiger partial charge in [-0.2, -0.15) is 0 Å². The van der Waals surface area contributed by atoms with Crippen LogP contribution in [0.4, 0.5) is 10.1 Å². The monoisotopic (exact) mass is 284 g/mol. The van der Waals surface area contributed by atoms with E-state index in [2.05, 4.69) is 41.4 Å². The zero-order valence-electron chi connectivity index (χ0n) is 12.5. The molecular weight excluding hydrogens is 263 g/mol. The predicted octanol–water partition coefficient (Wildman–Crippen LogP) is 3.67. The van der Waals surface area contributed by atoms with Gasteiger partial charge in [0.05, 0.1) is 0 Å². The summed E-state index contributed by atoms with van der Waals surface area (Å²) in [4.78, 5) is 2.29. The Morgan fingerprint density at radius 2 is 1.90 bits per heavy atom. The summed E-state index contributed by atoms with van der Waals surface area (Å²) in [5.74, 6) is -0.130. The van der Waals surface area contributed by atoms with E-state index in [1.807, 2.05) is 18.2 Å². The Labute approximate surface area is 125 Å². The van der Waals surface area contributed by atoms with E-state index in [1.165, 1.54) is 5.56 Å². The molecule has 0 aromatic heterocycles. The lowest BCUT2D eigenvalue weighted by Gasteiger charge is -2.40. The lowest BCUT2D eigenvalue weighted by molar-refractivity contribution is 0.414. The van der Waals surface area contributed by atoms with Crippen molar-refractivity contribution in [3.8, 4) is 0 Å². The number of piperazine rings is 1. The van der Waals surface area contributed by atoms with E-state index >= 15 is 0 Å². The van der Waals surface area contributed by atoms with Gasteiger partial charge in [-0.3, -0.25) is 0 Å². The van der Waals surface area contributed by atoms with Gasteiger partial charge in [-0.15, -0.1) is 0 Å². The molecule has 0 aliphatic carbocycles. The van der Waals surface area contributed by atoms with E-state index in [1.54, 1.807) is 13.0 Å². The van der Waals surface area contributed by atoms with Gasteiger partial charge in [0.25, 0.3) is 0 Å². The average Bonchev–Trinajstić information content (AvgIpc) is 2.51. The average molecular weight is 284 g/mol. The number of aryl methyl sites for hydroxylation is 1. The smallest absolute Gasteiger partial charge is 0.128 e. The molecule has 2 aromatic rings. The maximum Gasteiger partial charge on any atom is 0.128 e. The summed E-state index contributed by atoms with van der Waals surface area (Å²) >= 11 is 0. The molecule has 0 amide bonds. The van der Waals surface area contributed by atoms with Crippen LogP contribution in [0.5, 0.6) is 0 Å². The Kier molecular flexibility index (Phi) is 3.93. The Balaban J connectivity index is 1.85. The van der Waals surface area contributed by atoms with Gasteiger partial charge in [0.15, 0.2) is 0 Å². The van der Waals surface area contributed by atoms with E-state index in [0.29, 0.717) is 11.6 Å². The molecule has 1 N–H and O–H groups in total. The highest BCUT2D eigenvalue weighted by molar-refractivity contribution is 5.50. The molecule has 0 radical (unpaired) electrons. The van der Waals surface area contributed by atoms with Crippen molar-refractivity contribution in [2.24, 2.45) is 0 Å². The van der Waals surface area contributed by atoms with Crippen LogP contribution in [0.1, 0.15) is 24.1 Å². The third kappa shape index (κ3) is 2.93. The minimum atomic E-state index is -0.130. The second-order valence-electron chi connectivity index (χ2n) is 5.81. The van der Waals surface area contributed by atoms with Gasteiger partial charge in [0.2, 0.25) is 0 Å². The predicted molar refractivity (Wildman–Crippen MR) is 85.1 cm³/mol. The zero-order valence-corrected chi connectivity index (χ0v) is 12.5. The van der Waals surface area contributed by atoms with Crippen molar-refractivity contribution in [1.29, 1.82) is 0 Å². The van der Waals surface area contributed by atoms with Gasteiger partial charge in [-0.1, -0.05) is 36.4 Å². The normalized spacial score (nSPS) is 22.3. The minimum Gasteiger partial charge on any atom is -0.366 e. The van der Waals surface area contributed by atoms with Crippen molar-refractivity contribution in [3.05, 3.63) is 65.5 Å². The first-order valence-electron chi connectivity index (χ1n) is 7.46. The second kappa shape index (κ2) is 5.86. The molecule has 0 bridgehead atoms. The fourth-order valence-electron chi connectivity index (χ4n) is 2.89. The Hall–Kier alpha value is -1.87. The van der Waals surface area contributed by atoms with Gasteiger partial charge < -0.3 is 10.2 Å². The van der Waals surface area contributed by atoms with Crippen LogP contribution in [-0.2, 0) is 0 Å². The fraction of sp³-hybridized carbons (Fsp3) is 0.333. The highest BCUT2D eigenvalue weighted by Crippen LogP contribution is 2.26. The van der Waals surface area contributed by atoms with E-state index < -0.39 is 0 Å². The summed E-state index contributed by atoms with van der Waals surface area (Å²) in [6.45, 7) is 5.72. The number of hydrogen-bond donors (Lipinski definition) is 1. The standard InChI is InChI=1S/C18H21FN2/c1-13-8-9-16(10-17(13)19)21-12-18(20-11-14(21)2)15-6-4-3-5-7-15/h3-10,14,18,20H,11-12H2,1-2H3. The maximum atomic E-state index is 13.8. The minimum absolute atomic E-state index is 0.130. The van der Waals surface area contributed by atoms with Gasteiger partial charge in [0.1, 0.15) is 5.82 Å². The van der Waals surface area contributed by atoms with E-state index in [4.69, 9.17) is 0 Å². The molecule has 2 aromatic carbocycles. The van der Waals surface area contributed by atoms with Crippen LogP contribution >= 0.6 is 0 Å². The van der Waals surface area contributed by atoms with Crippen molar-refractivity contribution in [2.45, 2.75) is 25.9 Å². The maximum absolute atomic E-state index is 13.8. The summed E-state index contributed by atoms with van der Waals surface area (Å²) in [6.07, 6.45) is 0. The summed E-state index contributed by atoms with van der Waals surface area (Å²) in [6, 6.07) is 16.6. The zero-order chi connectivity index (χ0) is 14.8. The van der Waals surface area contributed by atoms with E-state index in [9.17, 15) is 4.39 Å². The van der Waals surface area contributed by atoms with E-state index in [0.717, 1.165) is 18.8 Å². The van der Waals surface area contributed by atoms with Gasteiger partial charge in [-0.05, 0) is 37.1 Å². The molecule has 1 saturated heterocycles. The number of rotatable bonds is 2. The van der Waals surface area contributed by atoms with Crippen molar-refractivity contribution in [3.63, 3.8) is 0 Å². The first kappa shape index (κ1) is 14.1. The van der Waals surface area contributed by atoms with Crippen molar-refractivity contribution >= 4 is 5.69 Å². The molecular formula is C18H21FN2. The van der Waals surface area contributed by atoms with Gasteiger partial charge >= 0.3 is 0 Å². The molecule has 2 atom stereocenters. The number of nitrogens with one attached hydrogen (secondary N) is 1. The SMILES string of the molecule is Cc1ccc(N2CC(c3ccccc3)NCC2C)cc1F. The Morgan fingerprint density at radius 1 is 1.14 bits per heavy atom. The third-order valence-corrected chi connectivity index (χ3v) is 4.26. The van der Waals surface area contributed by atoms with Crippen LogP contribution in [0.3, 0.4) is 0 Å². The molecule has 1 aliphatic heterocycles. The molecule has 1 aliphatic rings. The number of hydrogen-bond acceptors (Lipinski definition) is 2. The molecule has 0 spiro atoms. The number of anilines is 1. The quantitative estimate of drug-likeness (QED) is 0.905. The fourth-order valence-corrected chi connectivity index (χ4v) is 2.89. The molecule has 3 rings (SSSR count). The highest BCUT2D eigenvalue weighted by Gasteiger charge is 2.26. The summed E-state index contributed by atoms with van der Waals surface area (Å²) < 4.78 is 13.8. The molecule has 110 valence electrons. The van der Waals surface area contributed by atoms with Crippen LogP contribution in [0.15, 0.2) is 48.5 Å². The molecule has 21 heavy (non-hydrogen) atoms. The first-order valence-corrected chi connectivity index (χ1v) is 7.46. The van der Waals surface area contributed by atoms with Crippen LogP contribution < -0.4 is 10.2 Å². The summed E-state index contributed by atoms with van der Waals surface area (Å²) in [5.41, 5.74) is 2.94.